The molecule has 1 aliphatic rings. The van der Waals surface area contributed by atoms with Crippen molar-refractivity contribution in [2.75, 3.05) is 19.1 Å². The van der Waals surface area contributed by atoms with E-state index in [-0.39, 0.29) is 5.54 Å². The predicted molar refractivity (Wildman–Crippen MR) is 99.1 cm³/mol. The quantitative estimate of drug-likeness (QED) is 0.709. The van der Waals surface area contributed by atoms with Gasteiger partial charge in [-0.2, -0.15) is 5.26 Å². The maximum atomic E-state index is 9.10. The summed E-state index contributed by atoms with van der Waals surface area (Å²) in [6.45, 7) is 0. The number of aromatic nitrogens is 2. The van der Waals surface area contributed by atoms with Crippen molar-refractivity contribution in [3.8, 4) is 11.8 Å². The molecule has 0 bridgehead atoms. The van der Waals surface area contributed by atoms with Gasteiger partial charge in [-0.25, -0.2) is 4.98 Å². The number of nitrogens with zero attached hydrogens (tertiary/aromatic N) is 4. The van der Waals surface area contributed by atoms with E-state index in [2.05, 4.69) is 23.0 Å². The molecule has 0 aliphatic heterocycles. The van der Waals surface area contributed by atoms with Gasteiger partial charge in [-0.05, 0) is 49.6 Å². The molecular weight excluding hydrogens is 332 g/mol. The fourth-order valence-electron chi connectivity index (χ4n) is 3.46. The third-order valence-corrected chi connectivity index (χ3v) is 6.14. The Kier molecular flexibility index (Phi) is 3.81. The summed E-state index contributed by atoms with van der Waals surface area (Å²) in [4.78, 5) is 11.7. The molecule has 1 aliphatic carbocycles. The van der Waals surface area contributed by atoms with Crippen molar-refractivity contribution < 1.29 is 4.74 Å². The van der Waals surface area contributed by atoms with E-state index in [1.807, 2.05) is 36.5 Å². The van der Waals surface area contributed by atoms with Crippen LogP contribution in [0.4, 0.5) is 5.13 Å². The minimum atomic E-state index is -0.182. The molecule has 4 rings (SSSR count). The summed E-state index contributed by atoms with van der Waals surface area (Å²) in [5, 5.41) is 10.0. The fourth-order valence-corrected chi connectivity index (χ4v) is 4.51. The molecule has 0 N–H and O–H groups in total. The molecular formula is C19H18N4OS. The van der Waals surface area contributed by atoms with Gasteiger partial charge >= 0.3 is 0 Å². The molecule has 0 atom stereocenters. The van der Waals surface area contributed by atoms with Crippen LogP contribution in [0.1, 0.15) is 30.5 Å². The van der Waals surface area contributed by atoms with Gasteiger partial charge in [-0.1, -0.05) is 11.3 Å². The zero-order chi connectivity index (χ0) is 17.4. The van der Waals surface area contributed by atoms with Gasteiger partial charge in [-0.3, -0.25) is 4.98 Å². The number of rotatable bonds is 4. The highest BCUT2D eigenvalue weighted by molar-refractivity contribution is 7.22. The molecule has 6 heteroatoms. The number of pyridine rings is 1. The normalized spacial score (nSPS) is 15.4. The van der Waals surface area contributed by atoms with Crippen molar-refractivity contribution in [2.45, 2.75) is 24.8 Å². The van der Waals surface area contributed by atoms with Crippen LogP contribution in [0.5, 0.6) is 5.75 Å². The van der Waals surface area contributed by atoms with Crippen LogP contribution < -0.4 is 9.64 Å². The largest absolute Gasteiger partial charge is 0.495 e. The molecule has 126 valence electrons. The van der Waals surface area contributed by atoms with Gasteiger partial charge in [0.05, 0.1) is 34.5 Å². The Morgan fingerprint density at radius 2 is 2.16 bits per heavy atom. The van der Waals surface area contributed by atoms with E-state index < -0.39 is 0 Å². The lowest BCUT2D eigenvalue weighted by atomic mass is 9.72. The van der Waals surface area contributed by atoms with Crippen LogP contribution in [0.3, 0.4) is 0 Å². The number of anilines is 1. The molecule has 3 aromatic rings. The van der Waals surface area contributed by atoms with Gasteiger partial charge in [0.2, 0.25) is 0 Å². The summed E-state index contributed by atoms with van der Waals surface area (Å²) in [6.07, 6.45) is 5.03. The summed E-state index contributed by atoms with van der Waals surface area (Å²) in [7, 11) is 3.77. The van der Waals surface area contributed by atoms with E-state index >= 15 is 0 Å². The van der Waals surface area contributed by atoms with Gasteiger partial charge in [0.15, 0.2) is 5.13 Å². The molecule has 0 amide bonds. The molecule has 5 nitrogen and oxygen atoms in total. The lowest BCUT2D eigenvalue weighted by Gasteiger charge is -2.48. The standard InChI is InChI=1S/C19H18N4OS/c1-23(18-22-14-7-6-13(12-20)11-16(14)25-18)19(8-4-9-19)17-15(24-2)5-3-10-21-17/h3,5-7,10-11H,4,8-9H2,1-2H3. The number of hydrogen-bond donors (Lipinski definition) is 0. The van der Waals surface area contributed by atoms with Gasteiger partial charge in [0.1, 0.15) is 11.4 Å². The second kappa shape index (κ2) is 6.01. The second-order valence-electron chi connectivity index (χ2n) is 6.29. The number of hydrogen-bond acceptors (Lipinski definition) is 6. The Balaban J connectivity index is 1.78. The average Bonchev–Trinajstić information content (AvgIpc) is 3.04. The van der Waals surface area contributed by atoms with E-state index in [0.29, 0.717) is 5.56 Å². The number of benzene rings is 1. The third kappa shape index (κ3) is 2.43. The zero-order valence-corrected chi connectivity index (χ0v) is 15.0. The molecule has 0 saturated heterocycles. The minimum Gasteiger partial charge on any atom is -0.495 e. The van der Waals surface area contributed by atoms with E-state index in [4.69, 9.17) is 15.0 Å². The van der Waals surface area contributed by atoms with Crippen molar-refractivity contribution in [1.82, 2.24) is 9.97 Å². The molecule has 0 unspecified atom stereocenters. The topological polar surface area (TPSA) is 62.0 Å². The predicted octanol–water partition coefficient (Wildman–Crippen LogP) is 4.09. The number of thiazole rings is 1. The molecule has 0 radical (unpaired) electrons. The van der Waals surface area contributed by atoms with Gasteiger partial charge in [-0.15, -0.1) is 0 Å². The SMILES string of the molecule is COc1cccnc1C1(N(C)c2nc3ccc(C#N)cc3s2)CCC1. The van der Waals surface area contributed by atoms with E-state index in [0.717, 1.165) is 46.1 Å². The Hall–Kier alpha value is -2.65. The summed E-state index contributed by atoms with van der Waals surface area (Å²) in [5.74, 6) is 0.821. The van der Waals surface area contributed by atoms with Gasteiger partial charge in [0.25, 0.3) is 0 Å². The average molecular weight is 350 g/mol. The van der Waals surface area contributed by atoms with Crippen LogP contribution >= 0.6 is 11.3 Å². The van der Waals surface area contributed by atoms with Crippen molar-refractivity contribution in [1.29, 1.82) is 5.26 Å². The second-order valence-corrected chi connectivity index (χ2v) is 7.30. The first-order valence-electron chi connectivity index (χ1n) is 8.22. The Morgan fingerprint density at radius 3 is 2.84 bits per heavy atom. The van der Waals surface area contributed by atoms with Crippen LogP contribution in [0.2, 0.25) is 0 Å². The lowest BCUT2D eigenvalue weighted by molar-refractivity contribution is 0.224. The number of fused-ring (bicyclic) bond motifs is 1. The third-order valence-electron chi connectivity index (χ3n) is 5.05. The maximum absolute atomic E-state index is 9.10. The first kappa shape index (κ1) is 15.9. The first-order valence-corrected chi connectivity index (χ1v) is 9.03. The van der Waals surface area contributed by atoms with E-state index in [1.165, 1.54) is 0 Å². The molecule has 25 heavy (non-hydrogen) atoms. The van der Waals surface area contributed by atoms with Crippen LogP contribution in [0, 0.1) is 11.3 Å². The smallest absolute Gasteiger partial charge is 0.186 e. The van der Waals surface area contributed by atoms with Gasteiger partial charge < -0.3 is 9.64 Å². The zero-order valence-electron chi connectivity index (χ0n) is 14.2. The maximum Gasteiger partial charge on any atom is 0.186 e. The van der Waals surface area contributed by atoms with Crippen molar-refractivity contribution >= 4 is 26.7 Å². The molecule has 1 saturated carbocycles. The molecule has 1 aromatic carbocycles. The molecule has 1 fully saturated rings. The summed E-state index contributed by atoms with van der Waals surface area (Å²) in [6, 6.07) is 11.7. The van der Waals surface area contributed by atoms with Crippen molar-refractivity contribution in [2.24, 2.45) is 0 Å². The Bertz CT molecular complexity index is 971. The highest BCUT2D eigenvalue weighted by Gasteiger charge is 2.46. The van der Waals surface area contributed by atoms with Crippen LogP contribution in [0.15, 0.2) is 36.5 Å². The number of ether oxygens (including phenoxy) is 1. The highest BCUT2D eigenvalue weighted by Crippen LogP contribution is 2.50. The van der Waals surface area contributed by atoms with E-state index in [9.17, 15) is 0 Å². The molecule has 0 spiro atoms. The number of methoxy groups -OCH3 is 1. The molecule has 2 heterocycles. The summed E-state index contributed by atoms with van der Waals surface area (Å²) >= 11 is 1.61. The van der Waals surface area contributed by atoms with Crippen LogP contribution in [-0.4, -0.2) is 24.1 Å². The van der Waals surface area contributed by atoms with Crippen LogP contribution in [-0.2, 0) is 5.54 Å². The lowest BCUT2D eigenvalue weighted by Crippen LogP contribution is -2.50. The fraction of sp³-hybridized carbons (Fsp3) is 0.316. The number of nitriles is 1. The summed E-state index contributed by atoms with van der Waals surface area (Å²) < 4.78 is 6.59. The molecule has 2 aromatic heterocycles. The Labute approximate surface area is 150 Å². The highest BCUT2D eigenvalue weighted by atomic mass is 32.1. The Morgan fingerprint density at radius 1 is 1.32 bits per heavy atom. The monoisotopic (exact) mass is 350 g/mol. The first-order chi connectivity index (χ1) is 12.2. The van der Waals surface area contributed by atoms with Gasteiger partial charge in [0, 0.05) is 13.2 Å². The van der Waals surface area contributed by atoms with Crippen molar-refractivity contribution in [3.63, 3.8) is 0 Å². The van der Waals surface area contributed by atoms with Crippen LogP contribution in [0.25, 0.3) is 10.2 Å². The summed E-state index contributed by atoms with van der Waals surface area (Å²) in [5.41, 5.74) is 2.38. The minimum absolute atomic E-state index is 0.182. The van der Waals surface area contributed by atoms with E-state index in [1.54, 1.807) is 18.4 Å². The van der Waals surface area contributed by atoms with Crippen molar-refractivity contribution in [3.05, 3.63) is 47.8 Å².